The number of hydrogen-bond donors (Lipinski definition) is 2. The average Bonchev–Trinajstić information content (AvgIpc) is 3.60. The van der Waals surface area contributed by atoms with Crippen molar-refractivity contribution in [3.63, 3.8) is 0 Å². The highest BCUT2D eigenvalue weighted by Gasteiger charge is 2.28. The summed E-state index contributed by atoms with van der Waals surface area (Å²) in [5, 5.41) is 16.2. The highest BCUT2D eigenvalue weighted by atomic mass is 35.5. The summed E-state index contributed by atoms with van der Waals surface area (Å²) in [4.78, 5) is 45.5. The van der Waals surface area contributed by atoms with E-state index in [0.717, 1.165) is 81.2 Å². The first-order valence-corrected chi connectivity index (χ1v) is 18.4. The molecule has 13 heteroatoms. The van der Waals surface area contributed by atoms with Crippen molar-refractivity contribution in [2.45, 2.75) is 69.6 Å². The molecule has 7 rings (SSSR count). The quantitative estimate of drug-likeness (QED) is 0.174. The Morgan fingerprint density at radius 2 is 1.81 bits per heavy atom. The van der Waals surface area contributed by atoms with Crippen LogP contribution in [0.2, 0.25) is 5.02 Å². The standard InChI is InChI=1S/C39H42ClN7O5/c40-33-11-9-30(23-26(33)24-41)52-29-7-5-27(6-8-29)43-38(49)34-12-10-31(25-42-34)51-22-2-17-45-18-13-28(14-19-45)46-20-15-32-35(46)3-1-4-36(32)47-21-16-37(48)44-39(47)50/h1,3-4,9-12,15,20,23,25,27-29H,2,5-8,13-14,16-19,21-22H2,(H,43,49)(H,44,48,50). The lowest BCUT2D eigenvalue weighted by molar-refractivity contribution is -0.120. The Balaban J connectivity index is 0.806. The number of carbonyl (C=O) groups is 3. The van der Waals surface area contributed by atoms with Gasteiger partial charge in [-0.3, -0.25) is 19.8 Å². The number of hydrogen-bond acceptors (Lipinski definition) is 8. The van der Waals surface area contributed by atoms with E-state index in [9.17, 15) is 19.6 Å². The van der Waals surface area contributed by atoms with Crippen molar-refractivity contribution in [3.8, 4) is 17.6 Å². The molecule has 0 unspecified atom stereocenters. The first kappa shape index (κ1) is 35.3. The van der Waals surface area contributed by atoms with Crippen molar-refractivity contribution < 1.29 is 23.9 Å². The topological polar surface area (TPSA) is 142 Å². The van der Waals surface area contributed by atoms with E-state index in [1.807, 2.05) is 12.1 Å². The molecule has 2 N–H and O–H groups in total. The highest BCUT2D eigenvalue weighted by molar-refractivity contribution is 6.31. The summed E-state index contributed by atoms with van der Waals surface area (Å²) in [6.07, 6.45) is 10.2. The summed E-state index contributed by atoms with van der Waals surface area (Å²) in [5.41, 5.74) is 2.69. The Kier molecular flexibility index (Phi) is 10.9. The van der Waals surface area contributed by atoms with Gasteiger partial charge in [-0.15, -0.1) is 0 Å². The van der Waals surface area contributed by atoms with Gasteiger partial charge in [0.15, 0.2) is 0 Å². The number of urea groups is 1. The summed E-state index contributed by atoms with van der Waals surface area (Å²) in [6.45, 7) is 3.87. The van der Waals surface area contributed by atoms with Gasteiger partial charge < -0.3 is 24.3 Å². The largest absolute Gasteiger partial charge is 0.492 e. The molecule has 270 valence electrons. The number of piperidine rings is 1. The second-order valence-corrected chi connectivity index (χ2v) is 14.1. The number of aromatic nitrogens is 2. The molecule has 2 aromatic heterocycles. The zero-order chi connectivity index (χ0) is 36.0. The van der Waals surface area contributed by atoms with Crippen molar-refractivity contribution in [1.29, 1.82) is 5.26 Å². The van der Waals surface area contributed by atoms with E-state index in [2.05, 4.69) is 49.5 Å². The number of anilines is 1. The zero-order valence-corrected chi connectivity index (χ0v) is 29.7. The lowest BCUT2D eigenvalue weighted by atomic mass is 9.92. The average molecular weight is 724 g/mol. The van der Waals surface area contributed by atoms with Gasteiger partial charge in [-0.1, -0.05) is 17.7 Å². The Hall–Kier alpha value is -5.12. The van der Waals surface area contributed by atoms with E-state index < -0.39 is 0 Å². The number of likely N-dealkylation sites (tertiary alicyclic amines) is 1. The molecule has 0 radical (unpaired) electrons. The van der Waals surface area contributed by atoms with Crippen LogP contribution in [-0.4, -0.2) is 77.2 Å². The molecule has 1 aliphatic carbocycles. The highest BCUT2D eigenvalue weighted by Crippen LogP contribution is 2.34. The molecule has 4 aromatic rings. The fourth-order valence-corrected chi connectivity index (χ4v) is 7.62. The Labute approximate surface area is 307 Å². The number of nitrogens with one attached hydrogen (secondary N) is 2. The van der Waals surface area contributed by atoms with Crippen LogP contribution in [0.15, 0.2) is 67.0 Å². The number of carbonyl (C=O) groups excluding carboxylic acids is 3. The van der Waals surface area contributed by atoms with Gasteiger partial charge in [0, 0.05) is 56.3 Å². The molecule has 0 spiro atoms. The van der Waals surface area contributed by atoms with Crippen molar-refractivity contribution in [1.82, 2.24) is 25.1 Å². The lowest BCUT2D eigenvalue weighted by Gasteiger charge is -2.33. The summed E-state index contributed by atoms with van der Waals surface area (Å²) in [7, 11) is 0. The fraction of sp³-hybridized carbons (Fsp3) is 0.410. The second-order valence-electron chi connectivity index (χ2n) is 13.7. The van der Waals surface area contributed by atoms with Gasteiger partial charge in [0.2, 0.25) is 5.91 Å². The van der Waals surface area contributed by atoms with E-state index >= 15 is 0 Å². The van der Waals surface area contributed by atoms with Crippen LogP contribution in [0.25, 0.3) is 10.9 Å². The maximum Gasteiger partial charge on any atom is 0.328 e. The summed E-state index contributed by atoms with van der Waals surface area (Å²) < 4.78 is 14.3. The molecule has 4 heterocycles. The first-order chi connectivity index (χ1) is 25.3. The predicted octanol–water partition coefficient (Wildman–Crippen LogP) is 6.23. The van der Waals surface area contributed by atoms with Crippen LogP contribution in [0, 0.1) is 11.3 Å². The van der Waals surface area contributed by atoms with E-state index in [-0.39, 0.29) is 30.0 Å². The fourth-order valence-electron chi connectivity index (χ4n) is 7.46. The van der Waals surface area contributed by atoms with E-state index in [1.165, 1.54) is 0 Å². The van der Waals surface area contributed by atoms with Gasteiger partial charge >= 0.3 is 6.03 Å². The minimum absolute atomic E-state index is 0.0233. The van der Waals surface area contributed by atoms with Crippen LogP contribution < -0.4 is 25.0 Å². The third-order valence-electron chi connectivity index (χ3n) is 10.3. The number of fused-ring (bicyclic) bond motifs is 1. The first-order valence-electron chi connectivity index (χ1n) is 18.0. The van der Waals surface area contributed by atoms with E-state index in [4.69, 9.17) is 21.1 Å². The molecule has 4 amide bonds. The van der Waals surface area contributed by atoms with Crippen molar-refractivity contribution in [2.75, 3.05) is 37.7 Å². The smallest absolute Gasteiger partial charge is 0.328 e. The van der Waals surface area contributed by atoms with E-state index in [0.29, 0.717) is 53.4 Å². The minimum atomic E-state index is -0.365. The Morgan fingerprint density at radius 3 is 2.56 bits per heavy atom. The third-order valence-corrected chi connectivity index (χ3v) is 10.6. The van der Waals surface area contributed by atoms with Crippen molar-refractivity contribution in [3.05, 3.63) is 83.3 Å². The van der Waals surface area contributed by atoms with Crippen LogP contribution in [0.3, 0.4) is 0 Å². The van der Waals surface area contributed by atoms with Gasteiger partial charge in [-0.25, -0.2) is 9.78 Å². The van der Waals surface area contributed by atoms with Crippen LogP contribution >= 0.6 is 11.6 Å². The van der Waals surface area contributed by atoms with Gasteiger partial charge in [-0.05, 0) is 93.5 Å². The van der Waals surface area contributed by atoms with Crippen LogP contribution in [0.1, 0.15) is 73.5 Å². The molecule has 0 bridgehead atoms. The Bertz CT molecular complexity index is 1960. The number of nitriles is 1. The number of amides is 4. The molecule has 2 saturated heterocycles. The monoisotopic (exact) mass is 723 g/mol. The number of pyridine rings is 1. The SMILES string of the molecule is N#Cc1cc(OC2CCC(NC(=O)c3ccc(OCCCN4CCC(n5ccc6c(N7CCC(=O)NC7=O)cccc65)CC4)cn3)CC2)ccc1Cl. The second kappa shape index (κ2) is 16.0. The number of rotatable bonds is 11. The summed E-state index contributed by atoms with van der Waals surface area (Å²) in [5.74, 6) is 0.842. The molecule has 0 atom stereocenters. The molecular formula is C39H42ClN7O5. The molecule has 2 aliphatic heterocycles. The number of nitrogens with zero attached hydrogens (tertiary/aromatic N) is 5. The van der Waals surface area contributed by atoms with E-state index in [1.54, 1.807) is 41.4 Å². The van der Waals surface area contributed by atoms with Crippen molar-refractivity contribution >= 4 is 46.0 Å². The molecule has 2 aromatic carbocycles. The number of imide groups is 1. The number of ether oxygens (including phenoxy) is 2. The number of benzene rings is 2. The van der Waals surface area contributed by atoms with Gasteiger partial charge in [0.05, 0.1) is 40.7 Å². The van der Waals surface area contributed by atoms with Crippen molar-refractivity contribution in [2.24, 2.45) is 0 Å². The van der Waals surface area contributed by atoms with Gasteiger partial charge in [0.1, 0.15) is 23.3 Å². The molecule has 3 fully saturated rings. The van der Waals surface area contributed by atoms with Gasteiger partial charge in [-0.2, -0.15) is 5.26 Å². The molecule has 3 aliphatic rings. The van der Waals surface area contributed by atoms with Crippen LogP contribution in [0.5, 0.6) is 11.5 Å². The maximum absolute atomic E-state index is 12.9. The van der Waals surface area contributed by atoms with Gasteiger partial charge in [0.25, 0.3) is 5.91 Å². The zero-order valence-electron chi connectivity index (χ0n) is 28.9. The molecule has 1 saturated carbocycles. The normalized spacial score (nSPS) is 20.0. The predicted molar refractivity (Wildman–Crippen MR) is 197 cm³/mol. The number of halogens is 1. The molecule has 12 nitrogen and oxygen atoms in total. The van der Waals surface area contributed by atoms with Crippen LogP contribution in [0.4, 0.5) is 10.5 Å². The van der Waals surface area contributed by atoms with Crippen LogP contribution in [-0.2, 0) is 4.79 Å². The Morgan fingerprint density at radius 1 is 1.00 bits per heavy atom. The molecule has 52 heavy (non-hydrogen) atoms. The summed E-state index contributed by atoms with van der Waals surface area (Å²) >= 11 is 6.03. The molecular weight excluding hydrogens is 682 g/mol. The lowest BCUT2D eigenvalue weighted by Crippen LogP contribution is -2.49. The summed E-state index contributed by atoms with van der Waals surface area (Å²) in [6, 6.07) is 18.8. The third kappa shape index (κ3) is 8.16. The maximum atomic E-state index is 12.9. The minimum Gasteiger partial charge on any atom is -0.492 e.